The Morgan fingerprint density at radius 2 is 1.97 bits per heavy atom. The summed E-state index contributed by atoms with van der Waals surface area (Å²) in [4.78, 5) is 50.5. The van der Waals surface area contributed by atoms with Gasteiger partial charge in [0, 0.05) is 30.5 Å². The van der Waals surface area contributed by atoms with Crippen molar-refractivity contribution in [3.8, 4) is 0 Å². The molecule has 2 aromatic carbocycles. The fourth-order valence-electron chi connectivity index (χ4n) is 3.81. The van der Waals surface area contributed by atoms with Crippen molar-refractivity contribution in [1.82, 2.24) is 20.0 Å². The molecule has 1 fully saturated rings. The van der Waals surface area contributed by atoms with Crippen LogP contribution in [0.25, 0.3) is 10.9 Å². The van der Waals surface area contributed by atoms with Gasteiger partial charge in [0.1, 0.15) is 18.1 Å². The summed E-state index contributed by atoms with van der Waals surface area (Å²) >= 11 is 5.77. The highest BCUT2D eigenvalue weighted by Crippen LogP contribution is 2.28. The lowest BCUT2D eigenvalue weighted by Crippen LogP contribution is -2.43. The highest BCUT2D eigenvalue weighted by molar-refractivity contribution is 6.30. The number of nitrogens with zero attached hydrogens (tertiary/aromatic N) is 3. The Kier molecular flexibility index (Phi) is 6.83. The number of benzene rings is 2. The van der Waals surface area contributed by atoms with E-state index in [1.165, 1.54) is 46.8 Å². The van der Waals surface area contributed by atoms with Crippen molar-refractivity contribution in [2.24, 2.45) is 0 Å². The van der Waals surface area contributed by atoms with E-state index in [4.69, 9.17) is 11.6 Å². The number of hydrogen-bond acceptors (Lipinski definition) is 5. The van der Waals surface area contributed by atoms with E-state index >= 15 is 0 Å². The summed E-state index contributed by atoms with van der Waals surface area (Å²) in [6.45, 7) is 0.789. The van der Waals surface area contributed by atoms with E-state index in [0.29, 0.717) is 10.9 Å². The molecule has 0 saturated heterocycles. The van der Waals surface area contributed by atoms with Crippen LogP contribution < -0.4 is 5.32 Å². The summed E-state index contributed by atoms with van der Waals surface area (Å²) in [6.07, 6.45) is 1.50. The van der Waals surface area contributed by atoms with Gasteiger partial charge in [-0.25, -0.2) is 9.18 Å². The van der Waals surface area contributed by atoms with Crippen molar-refractivity contribution in [3.63, 3.8) is 0 Å². The number of carbonyl (C=O) groups is 4. The van der Waals surface area contributed by atoms with Crippen LogP contribution in [-0.4, -0.2) is 55.9 Å². The predicted molar refractivity (Wildman–Crippen MR) is 125 cm³/mol. The fraction of sp³-hybridized carbons (Fsp3) is 0.292. The number of Topliss-reactive ketones (excluding diaryl/α,β-unsaturated/α-hetero) is 1. The summed E-state index contributed by atoms with van der Waals surface area (Å²) in [5.41, 5.74) is 0.731. The minimum absolute atomic E-state index is 0.00158. The average Bonchev–Trinajstić information content (AvgIpc) is 3.59. The van der Waals surface area contributed by atoms with E-state index in [0.717, 1.165) is 12.8 Å². The van der Waals surface area contributed by atoms with Crippen LogP contribution in [0.5, 0.6) is 0 Å². The van der Waals surface area contributed by atoms with Crippen LogP contribution in [0.15, 0.2) is 36.4 Å². The third-order valence-electron chi connectivity index (χ3n) is 5.75. The van der Waals surface area contributed by atoms with Crippen LogP contribution in [-0.2, 0) is 22.7 Å². The summed E-state index contributed by atoms with van der Waals surface area (Å²) in [7, 11) is 0. The molecular weight excluding hydrogens is 479 g/mol. The number of carboxylic acid groups (broad SMARTS) is 1. The van der Waals surface area contributed by atoms with Crippen molar-refractivity contribution in [3.05, 3.63) is 64.1 Å². The molecule has 35 heavy (non-hydrogen) atoms. The van der Waals surface area contributed by atoms with Crippen LogP contribution >= 0.6 is 11.6 Å². The summed E-state index contributed by atoms with van der Waals surface area (Å²) < 4.78 is 15.4. The number of carbonyl (C=O) groups excluding carboxylic acids is 3. The third-order valence-corrected chi connectivity index (χ3v) is 6.04. The van der Waals surface area contributed by atoms with Crippen LogP contribution in [0, 0.1) is 5.82 Å². The third kappa shape index (κ3) is 5.32. The Morgan fingerprint density at radius 1 is 1.23 bits per heavy atom. The van der Waals surface area contributed by atoms with Crippen molar-refractivity contribution in [1.29, 1.82) is 0 Å². The number of rotatable bonds is 9. The molecule has 0 radical (unpaired) electrons. The van der Waals surface area contributed by atoms with Gasteiger partial charge in [-0.05, 0) is 37.1 Å². The zero-order valence-corrected chi connectivity index (χ0v) is 19.5. The fourth-order valence-corrected chi connectivity index (χ4v) is 4.00. The zero-order valence-electron chi connectivity index (χ0n) is 18.8. The number of hydrogen-bond donors (Lipinski definition) is 2. The molecule has 0 spiro atoms. The highest BCUT2D eigenvalue weighted by Gasteiger charge is 2.34. The molecule has 1 aliphatic rings. The number of aromatic carboxylic acids is 1. The van der Waals surface area contributed by atoms with Gasteiger partial charge in [0.15, 0.2) is 5.78 Å². The molecule has 0 bridgehead atoms. The lowest BCUT2D eigenvalue weighted by atomic mass is 10.1. The first-order chi connectivity index (χ1) is 16.7. The number of amides is 2. The Morgan fingerprint density at radius 3 is 2.63 bits per heavy atom. The van der Waals surface area contributed by atoms with Crippen LogP contribution in [0.3, 0.4) is 0 Å². The second-order valence-electron chi connectivity index (χ2n) is 8.34. The van der Waals surface area contributed by atoms with E-state index in [1.54, 1.807) is 6.07 Å². The topological polar surface area (TPSA) is 122 Å². The number of ketones is 1. The quantitative estimate of drug-likeness (QED) is 0.435. The molecule has 2 amide bonds. The van der Waals surface area contributed by atoms with Crippen LogP contribution in [0.4, 0.5) is 4.39 Å². The largest absolute Gasteiger partial charge is 0.478 e. The molecule has 0 atom stereocenters. The number of halogens is 2. The molecule has 9 nitrogen and oxygen atoms in total. The van der Waals surface area contributed by atoms with E-state index in [9.17, 15) is 28.7 Å². The second-order valence-corrected chi connectivity index (χ2v) is 8.75. The smallest absolute Gasteiger partial charge is 0.335 e. The minimum atomic E-state index is -1.14. The normalized spacial score (nSPS) is 13.0. The molecule has 1 saturated carbocycles. The van der Waals surface area contributed by atoms with Crippen molar-refractivity contribution in [2.45, 2.75) is 38.9 Å². The first-order valence-electron chi connectivity index (χ1n) is 10.9. The molecular formula is C24H22ClFN4O5. The van der Waals surface area contributed by atoms with Crippen LogP contribution in [0.2, 0.25) is 5.02 Å². The van der Waals surface area contributed by atoms with Gasteiger partial charge in [0.25, 0.3) is 0 Å². The van der Waals surface area contributed by atoms with Gasteiger partial charge in [-0.1, -0.05) is 23.7 Å². The van der Waals surface area contributed by atoms with Crippen molar-refractivity contribution in [2.75, 3.05) is 6.54 Å². The first-order valence-corrected chi connectivity index (χ1v) is 11.3. The number of fused-ring (bicyclic) bond motifs is 1. The van der Waals surface area contributed by atoms with Gasteiger partial charge in [-0.2, -0.15) is 5.10 Å². The van der Waals surface area contributed by atoms with Crippen molar-refractivity contribution >= 4 is 46.1 Å². The second kappa shape index (κ2) is 9.83. The lowest BCUT2D eigenvalue weighted by molar-refractivity contribution is -0.137. The average molecular weight is 501 g/mol. The molecule has 3 aromatic rings. The Hall–Kier alpha value is -3.79. The Bertz CT molecular complexity index is 1350. The predicted octanol–water partition coefficient (Wildman–Crippen LogP) is 3.04. The SMILES string of the molecule is CC(=O)c1nn(CC(=O)N(CC(=O)NCc2cccc(Cl)c2F)C2CC2)c2ccc(C(=O)O)cc12. The zero-order chi connectivity index (χ0) is 25.3. The first kappa shape index (κ1) is 24.3. The maximum absolute atomic E-state index is 14.1. The maximum Gasteiger partial charge on any atom is 0.335 e. The van der Waals surface area contributed by atoms with Crippen molar-refractivity contribution < 1.29 is 28.7 Å². The maximum atomic E-state index is 14.1. The number of aromatic nitrogens is 2. The van der Waals surface area contributed by atoms with Gasteiger partial charge in [0.05, 0.1) is 22.6 Å². The van der Waals surface area contributed by atoms with Gasteiger partial charge < -0.3 is 15.3 Å². The van der Waals surface area contributed by atoms with Gasteiger partial charge in [0.2, 0.25) is 11.8 Å². The number of nitrogens with one attached hydrogen (secondary N) is 1. The highest BCUT2D eigenvalue weighted by atomic mass is 35.5. The standard InChI is InChI=1S/C24H22ClFN4O5/c1-13(31)23-17-9-14(24(34)35)5-8-19(17)30(28-23)12-21(33)29(16-6-7-16)11-20(32)27-10-15-3-2-4-18(25)22(15)26/h2-5,8-9,16H,6-7,10-12H2,1H3,(H,27,32)(H,34,35). The van der Waals surface area contributed by atoms with Gasteiger partial charge >= 0.3 is 5.97 Å². The lowest BCUT2D eigenvalue weighted by Gasteiger charge is -2.22. The molecule has 182 valence electrons. The molecule has 1 aliphatic carbocycles. The van der Waals surface area contributed by atoms with E-state index in [2.05, 4.69) is 10.4 Å². The molecule has 0 unspecified atom stereocenters. The summed E-state index contributed by atoms with van der Waals surface area (Å²) in [6, 6.07) is 8.63. The van der Waals surface area contributed by atoms with E-state index in [-0.39, 0.29) is 59.2 Å². The molecule has 0 aliphatic heterocycles. The van der Waals surface area contributed by atoms with Gasteiger partial charge in [-0.3, -0.25) is 19.1 Å². The molecule has 2 N–H and O–H groups in total. The Labute approximate surface area is 204 Å². The summed E-state index contributed by atoms with van der Waals surface area (Å²) in [5, 5.41) is 16.4. The monoisotopic (exact) mass is 500 g/mol. The van der Waals surface area contributed by atoms with E-state index in [1.807, 2.05) is 0 Å². The van der Waals surface area contributed by atoms with Gasteiger partial charge in [-0.15, -0.1) is 0 Å². The molecule has 1 heterocycles. The number of carboxylic acids is 1. The molecule has 4 rings (SSSR count). The molecule has 11 heteroatoms. The van der Waals surface area contributed by atoms with E-state index < -0.39 is 17.7 Å². The Balaban J connectivity index is 1.49. The minimum Gasteiger partial charge on any atom is -0.478 e. The molecule has 1 aromatic heterocycles. The summed E-state index contributed by atoms with van der Waals surface area (Å²) in [5.74, 6) is -2.95. The van der Waals surface area contributed by atoms with Crippen LogP contribution in [0.1, 0.15) is 46.2 Å².